The summed E-state index contributed by atoms with van der Waals surface area (Å²) in [6.45, 7) is 2.77. The second-order valence-corrected chi connectivity index (χ2v) is 9.37. The number of hydrogen-bond acceptors (Lipinski definition) is 9. The Bertz CT molecular complexity index is 1440. The summed E-state index contributed by atoms with van der Waals surface area (Å²) in [5, 5.41) is 3.66. The lowest BCUT2D eigenvalue weighted by Gasteiger charge is -2.12. The van der Waals surface area contributed by atoms with Crippen molar-refractivity contribution in [2.75, 3.05) is 36.5 Å². The van der Waals surface area contributed by atoms with E-state index < -0.39 is 5.69 Å². The van der Waals surface area contributed by atoms with E-state index in [1.165, 1.54) is 22.2 Å². The number of carbonyl (C=O) groups excluding carboxylic acids is 1. The predicted molar refractivity (Wildman–Crippen MR) is 132 cm³/mol. The number of nitrogens with one attached hydrogen (secondary N) is 1. The standard InChI is InChI=1S/C24H23N5O5S/c30-19(25-15-6-7-16-18(13-15)34-12-4-11-32-16)14-29-22-21(27-24(35-22)28-8-1-2-9-28)20(26-23(29)31)17-5-3-10-33-17/h3,5-7,10,13H,1-2,4,8-9,11-12,14H2,(H,25,30). The van der Waals surface area contributed by atoms with E-state index in [-0.39, 0.29) is 12.5 Å². The molecular formula is C24H23N5O5S. The van der Waals surface area contributed by atoms with Gasteiger partial charge in [0.05, 0.1) is 19.5 Å². The van der Waals surface area contributed by atoms with E-state index in [0.29, 0.717) is 52.2 Å². The largest absolute Gasteiger partial charge is 0.490 e. The number of aromatic nitrogens is 3. The second kappa shape index (κ2) is 9.06. The minimum absolute atomic E-state index is 0.198. The third-order valence-electron chi connectivity index (χ3n) is 5.97. The van der Waals surface area contributed by atoms with Gasteiger partial charge in [0.15, 0.2) is 22.4 Å². The Morgan fingerprint density at radius 3 is 2.69 bits per heavy atom. The van der Waals surface area contributed by atoms with E-state index >= 15 is 0 Å². The SMILES string of the molecule is O=C(Cn1c(=O)nc(-c2ccco2)c2nc(N3CCCC3)sc21)Nc1ccc2c(c1)OCCCO2. The second-order valence-electron chi connectivity index (χ2n) is 8.41. The minimum Gasteiger partial charge on any atom is -0.490 e. The molecule has 2 aliphatic heterocycles. The van der Waals surface area contributed by atoms with Gasteiger partial charge < -0.3 is 24.1 Å². The molecule has 0 radical (unpaired) electrons. The summed E-state index contributed by atoms with van der Waals surface area (Å²) >= 11 is 1.40. The smallest absolute Gasteiger partial charge is 0.349 e. The number of furan rings is 1. The van der Waals surface area contributed by atoms with Crippen LogP contribution in [0.5, 0.6) is 11.5 Å². The first-order chi connectivity index (χ1) is 17.2. The molecule has 6 rings (SSSR count). The predicted octanol–water partition coefficient (Wildman–Crippen LogP) is 3.51. The molecule has 1 aromatic carbocycles. The van der Waals surface area contributed by atoms with Gasteiger partial charge in [0.1, 0.15) is 22.6 Å². The summed E-state index contributed by atoms with van der Waals surface area (Å²) in [7, 11) is 0. The van der Waals surface area contributed by atoms with Gasteiger partial charge in [0, 0.05) is 31.3 Å². The summed E-state index contributed by atoms with van der Waals surface area (Å²) in [5.74, 6) is 1.35. The van der Waals surface area contributed by atoms with Gasteiger partial charge in [0.25, 0.3) is 0 Å². The number of anilines is 2. The summed E-state index contributed by atoms with van der Waals surface area (Å²) in [5.41, 5.74) is 0.964. The van der Waals surface area contributed by atoms with Crippen LogP contribution in [0.2, 0.25) is 0 Å². The van der Waals surface area contributed by atoms with Crippen molar-refractivity contribution in [1.82, 2.24) is 14.5 Å². The van der Waals surface area contributed by atoms with Crippen LogP contribution in [0.25, 0.3) is 21.8 Å². The van der Waals surface area contributed by atoms with Crippen molar-refractivity contribution in [1.29, 1.82) is 0 Å². The van der Waals surface area contributed by atoms with Gasteiger partial charge in [-0.3, -0.25) is 9.36 Å². The topological polar surface area (TPSA) is 112 Å². The van der Waals surface area contributed by atoms with E-state index in [1.807, 2.05) is 0 Å². The zero-order chi connectivity index (χ0) is 23.8. The van der Waals surface area contributed by atoms with Gasteiger partial charge in [0.2, 0.25) is 5.91 Å². The van der Waals surface area contributed by atoms with Gasteiger partial charge in [-0.25, -0.2) is 9.78 Å². The Kier molecular flexibility index (Phi) is 5.61. The van der Waals surface area contributed by atoms with Crippen LogP contribution >= 0.6 is 11.3 Å². The molecule has 180 valence electrons. The van der Waals surface area contributed by atoms with Crippen molar-refractivity contribution in [2.45, 2.75) is 25.8 Å². The number of carbonyl (C=O) groups is 1. The zero-order valence-corrected chi connectivity index (χ0v) is 19.7. The Morgan fingerprint density at radius 2 is 1.89 bits per heavy atom. The third kappa shape index (κ3) is 4.23. The van der Waals surface area contributed by atoms with Crippen LogP contribution in [0.15, 0.2) is 45.8 Å². The summed E-state index contributed by atoms with van der Waals surface area (Å²) in [6, 6.07) is 8.74. The number of thiazole rings is 1. The summed E-state index contributed by atoms with van der Waals surface area (Å²) in [4.78, 5) is 37.9. The Hall–Kier alpha value is -3.86. The number of amides is 1. The average molecular weight is 494 g/mol. The maximum absolute atomic E-state index is 13.1. The molecule has 0 unspecified atom stereocenters. The highest BCUT2D eigenvalue weighted by molar-refractivity contribution is 7.22. The number of nitrogens with zero attached hydrogens (tertiary/aromatic N) is 4. The van der Waals surface area contributed by atoms with E-state index in [0.717, 1.165) is 37.5 Å². The molecule has 5 heterocycles. The summed E-state index contributed by atoms with van der Waals surface area (Å²) < 4.78 is 18.2. The van der Waals surface area contributed by atoms with Crippen LogP contribution in [0.3, 0.4) is 0 Å². The fraction of sp³-hybridized carbons (Fsp3) is 0.333. The average Bonchev–Trinajstić information content (AvgIpc) is 3.61. The number of ether oxygens (including phenoxy) is 2. The van der Waals surface area contributed by atoms with E-state index in [4.69, 9.17) is 18.9 Å². The Morgan fingerprint density at radius 1 is 1.06 bits per heavy atom. The molecule has 4 aromatic rings. The first-order valence-electron chi connectivity index (χ1n) is 11.6. The van der Waals surface area contributed by atoms with Crippen molar-refractivity contribution in [3.8, 4) is 23.0 Å². The van der Waals surface area contributed by atoms with Gasteiger partial charge in [-0.2, -0.15) is 4.98 Å². The molecule has 1 N–H and O–H groups in total. The molecule has 0 atom stereocenters. The molecule has 1 amide bonds. The minimum atomic E-state index is -0.533. The van der Waals surface area contributed by atoms with Crippen molar-refractivity contribution in [2.24, 2.45) is 0 Å². The van der Waals surface area contributed by atoms with Gasteiger partial charge in [-0.1, -0.05) is 11.3 Å². The fourth-order valence-corrected chi connectivity index (χ4v) is 5.40. The van der Waals surface area contributed by atoms with Gasteiger partial charge >= 0.3 is 5.69 Å². The normalized spacial score (nSPS) is 15.4. The quantitative estimate of drug-likeness (QED) is 0.450. The van der Waals surface area contributed by atoms with Crippen molar-refractivity contribution >= 4 is 38.4 Å². The molecule has 2 aliphatic rings. The monoisotopic (exact) mass is 493 g/mol. The van der Waals surface area contributed by atoms with Crippen LogP contribution in [0, 0.1) is 0 Å². The lowest BCUT2D eigenvalue weighted by atomic mass is 10.2. The first-order valence-corrected chi connectivity index (χ1v) is 12.4. The van der Waals surface area contributed by atoms with E-state index in [9.17, 15) is 9.59 Å². The molecule has 35 heavy (non-hydrogen) atoms. The molecule has 10 nitrogen and oxygen atoms in total. The molecule has 3 aromatic heterocycles. The van der Waals surface area contributed by atoms with Crippen molar-refractivity contribution in [3.63, 3.8) is 0 Å². The molecular weight excluding hydrogens is 470 g/mol. The van der Waals surface area contributed by atoms with Gasteiger partial charge in [-0.05, 0) is 37.1 Å². The fourth-order valence-electron chi connectivity index (χ4n) is 4.29. The maximum atomic E-state index is 13.1. The lowest BCUT2D eigenvalue weighted by Crippen LogP contribution is -2.29. The maximum Gasteiger partial charge on any atom is 0.349 e. The molecule has 0 saturated carbocycles. The molecule has 0 spiro atoms. The number of fused-ring (bicyclic) bond motifs is 2. The van der Waals surface area contributed by atoms with Crippen LogP contribution in [-0.4, -0.2) is 46.7 Å². The van der Waals surface area contributed by atoms with Crippen LogP contribution in [-0.2, 0) is 11.3 Å². The van der Waals surface area contributed by atoms with Gasteiger partial charge in [-0.15, -0.1) is 0 Å². The lowest BCUT2D eigenvalue weighted by molar-refractivity contribution is -0.116. The molecule has 0 aliphatic carbocycles. The molecule has 11 heteroatoms. The third-order valence-corrected chi connectivity index (χ3v) is 7.11. The Labute approximate surface area is 204 Å². The Balaban J connectivity index is 1.33. The molecule has 0 bridgehead atoms. The first kappa shape index (κ1) is 21.7. The molecule has 1 saturated heterocycles. The number of benzene rings is 1. The van der Waals surface area contributed by atoms with Crippen LogP contribution in [0.4, 0.5) is 10.8 Å². The van der Waals surface area contributed by atoms with Crippen molar-refractivity contribution in [3.05, 3.63) is 47.1 Å². The van der Waals surface area contributed by atoms with E-state index in [1.54, 1.807) is 30.3 Å². The summed E-state index contributed by atoms with van der Waals surface area (Å²) in [6.07, 6.45) is 4.53. The van der Waals surface area contributed by atoms with Crippen LogP contribution < -0.4 is 25.4 Å². The van der Waals surface area contributed by atoms with Crippen molar-refractivity contribution < 1.29 is 18.7 Å². The number of rotatable bonds is 5. The van der Waals surface area contributed by atoms with Crippen LogP contribution in [0.1, 0.15) is 19.3 Å². The van der Waals surface area contributed by atoms with E-state index in [2.05, 4.69) is 15.2 Å². The molecule has 1 fully saturated rings. The highest BCUT2D eigenvalue weighted by Crippen LogP contribution is 2.35. The number of hydrogen-bond donors (Lipinski definition) is 1. The highest BCUT2D eigenvalue weighted by Gasteiger charge is 2.23. The zero-order valence-electron chi connectivity index (χ0n) is 18.9. The highest BCUT2D eigenvalue weighted by atomic mass is 32.1.